The van der Waals surface area contributed by atoms with Gasteiger partial charge in [0.05, 0.1) is 0 Å². The van der Waals surface area contributed by atoms with Gasteiger partial charge in [-0.15, -0.1) is 0 Å². The number of benzene rings is 1. The van der Waals surface area contributed by atoms with E-state index >= 15 is 0 Å². The summed E-state index contributed by atoms with van der Waals surface area (Å²) in [4.78, 5) is 25.3. The zero-order valence-electron chi connectivity index (χ0n) is 41.4. The van der Waals surface area contributed by atoms with Gasteiger partial charge in [-0.25, -0.2) is 0 Å². The van der Waals surface area contributed by atoms with Crippen LogP contribution in [0.3, 0.4) is 0 Å². The number of rotatable bonds is 29. The Bertz CT molecular complexity index is 1930. The highest BCUT2D eigenvalue weighted by atomic mass is 16.1. The van der Waals surface area contributed by atoms with E-state index in [0.29, 0.717) is 23.1 Å². The van der Waals surface area contributed by atoms with Gasteiger partial charge in [0.15, 0.2) is 11.6 Å². The van der Waals surface area contributed by atoms with E-state index in [9.17, 15) is 9.59 Å². The summed E-state index contributed by atoms with van der Waals surface area (Å²) in [5, 5.41) is 0. The average molecular weight is 839 g/mol. The summed E-state index contributed by atoms with van der Waals surface area (Å²) < 4.78 is 0. The molecule has 0 aliphatic heterocycles. The summed E-state index contributed by atoms with van der Waals surface area (Å²) >= 11 is 0. The van der Waals surface area contributed by atoms with E-state index in [4.69, 9.17) is 0 Å². The summed E-state index contributed by atoms with van der Waals surface area (Å²) in [5.41, 5.74) is 16.3. The fourth-order valence-electron chi connectivity index (χ4n) is 7.68. The zero-order chi connectivity index (χ0) is 45.7. The highest BCUT2D eigenvalue weighted by Crippen LogP contribution is 2.24. The van der Waals surface area contributed by atoms with Gasteiger partial charge in [0, 0.05) is 16.7 Å². The number of allylic oxidation sites excluding steroid dienone is 22. The van der Waals surface area contributed by atoms with Gasteiger partial charge in [0.25, 0.3) is 0 Å². The number of ketones is 2. The largest absolute Gasteiger partial charge is 0.289 e. The Morgan fingerprint density at radius 3 is 0.903 bits per heavy atom. The molecule has 2 nitrogen and oxygen atoms in total. The van der Waals surface area contributed by atoms with Crippen molar-refractivity contribution in [3.63, 3.8) is 0 Å². The lowest BCUT2D eigenvalue weighted by Gasteiger charge is -2.14. The summed E-state index contributed by atoms with van der Waals surface area (Å²) in [7, 11) is 0. The summed E-state index contributed by atoms with van der Waals surface area (Å²) in [6.07, 6.45) is 46.2. The lowest BCUT2D eigenvalue weighted by atomic mass is 9.88. The van der Waals surface area contributed by atoms with Crippen LogP contribution in [-0.4, -0.2) is 11.6 Å². The molecular formula is C60H86O2. The van der Waals surface area contributed by atoms with E-state index in [1.54, 1.807) is 18.2 Å². The summed E-state index contributed by atoms with van der Waals surface area (Å²) in [6.45, 7) is 24.7. The average Bonchev–Trinajstić information content (AvgIpc) is 3.21. The Balaban J connectivity index is 1.57. The first-order chi connectivity index (χ1) is 29.6. The van der Waals surface area contributed by atoms with Crippen molar-refractivity contribution < 1.29 is 9.59 Å². The maximum absolute atomic E-state index is 12.8. The Kier molecular flexibility index (Phi) is 27.4. The van der Waals surface area contributed by atoms with Gasteiger partial charge in [-0.3, -0.25) is 9.59 Å². The molecule has 2 rings (SSSR count). The molecule has 0 saturated heterocycles. The molecule has 0 bridgehead atoms. The maximum atomic E-state index is 12.8. The predicted octanol–water partition coefficient (Wildman–Crippen LogP) is 18.9. The van der Waals surface area contributed by atoms with E-state index < -0.39 is 0 Å². The Morgan fingerprint density at radius 1 is 0.355 bits per heavy atom. The molecule has 0 aromatic heterocycles. The van der Waals surface area contributed by atoms with Gasteiger partial charge in [0.1, 0.15) is 0 Å². The number of fused-ring (bicyclic) bond motifs is 1. The molecule has 1 aromatic carbocycles. The molecule has 1 aromatic rings. The fraction of sp³-hybridized carbons (Fsp3) is 0.500. The minimum absolute atomic E-state index is 0.0250. The van der Waals surface area contributed by atoms with Crippen molar-refractivity contribution in [1.29, 1.82) is 0 Å². The van der Waals surface area contributed by atoms with Crippen molar-refractivity contribution in [3.05, 3.63) is 164 Å². The van der Waals surface area contributed by atoms with Crippen LogP contribution in [0.1, 0.15) is 219 Å². The van der Waals surface area contributed by atoms with Gasteiger partial charge < -0.3 is 0 Å². The van der Waals surface area contributed by atoms with Crippen molar-refractivity contribution in [1.82, 2.24) is 0 Å². The van der Waals surface area contributed by atoms with E-state index in [1.165, 1.54) is 81.1 Å². The number of Topliss-reactive ketones (excluding diaryl/α,β-unsaturated/α-hetero) is 1. The van der Waals surface area contributed by atoms with Gasteiger partial charge in [-0.2, -0.15) is 0 Å². The second kappa shape index (κ2) is 31.5. The first-order valence-corrected chi connectivity index (χ1v) is 24.1. The van der Waals surface area contributed by atoms with Crippen molar-refractivity contribution in [3.8, 4) is 0 Å². The third kappa shape index (κ3) is 25.0. The number of hydrogen-bond acceptors (Lipinski definition) is 2. The second-order valence-electron chi connectivity index (χ2n) is 18.7. The Labute approximate surface area is 381 Å². The van der Waals surface area contributed by atoms with E-state index in [1.807, 2.05) is 6.07 Å². The highest BCUT2D eigenvalue weighted by Gasteiger charge is 2.24. The third-order valence-electron chi connectivity index (χ3n) is 12.0. The third-order valence-corrected chi connectivity index (χ3v) is 12.0. The van der Waals surface area contributed by atoms with E-state index in [-0.39, 0.29) is 11.6 Å². The summed E-state index contributed by atoms with van der Waals surface area (Å²) in [6, 6.07) is 7.11. The standard InChI is InChI=1S/C60H86O2/c1-46(2)23-14-24-47(3)25-15-26-48(4)27-16-28-49(5)29-17-30-50(6)31-18-32-51(7)33-19-34-52(8)35-20-36-53(9)37-21-38-54(10)39-22-40-55(11)43-44-56-45-59(61)57-41-12-13-42-58(57)60(56)62/h12-13,23,25,27,29,31,33,35,37,39,41-43,45H,14-22,24,26,28,30,32,34,36,38,40,44H2,1-11H3. The number of hydrogen-bond donors (Lipinski definition) is 0. The minimum Gasteiger partial charge on any atom is -0.289 e. The second-order valence-corrected chi connectivity index (χ2v) is 18.7. The van der Waals surface area contributed by atoms with Crippen molar-refractivity contribution in [2.45, 2.75) is 198 Å². The lowest BCUT2D eigenvalue weighted by molar-refractivity contribution is 0.0983. The molecule has 0 fully saturated rings. The van der Waals surface area contributed by atoms with Crippen LogP contribution >= 0.6 is 0 Å². The Morgan fingerprint density at radius 2 is 0.613 bits per heavy atom. The molecule has 0 unspecified atom stereocenters. The van der Waals surface area contributed by atoms with E-state index in [2.05, 4.69) is 137 Å². The van der Waals surface area contributed by atoms with Crippen LogP contribution < -0.4 is 0 Å². The van der Waals surface area contributed by atoms with Gasteiger partial charge in [-0.05, 0) is 204 Å². The molecular weight excluding hydrogens is 753 g/mol. The molecule has 0 amide bonds. The maximum Gasteiger partial charge on any atom is 0.190 e. The van der Waals surface area contributed by atoms with Crippen molar-refractivity contribution >= 4 is 11.6 Å². The number of carbonyl (C=O) groups is 2. The van der Waals surface area contributed by atoms with Gasteiger partial charge in [0.2, 0.25) is 0 Å². The van der Waals surface area contributed by atoms with Crippen LogP contribution in [0.5, 0.6) is 0 Å². The smallest absolute Gasteiger partial charge is 0.190 e. The van der Waals surface area contributed by atoms with Gasteiger partial charge in [-0.1, -0.05) is 141 Å². The monoisotopic (exact) mass is 839 g/mol. The van der Waals surface area contributed by atoms with Crippen LogP contribution in [0.15, 0.2) is 152 Å². The van der Waals surface area contributed by atoms with Crippen LogP contribution in [0.25, 0.3) is 0 Å². The van der Waals surface area contributed by atoms with Crippen LogP contribution in [0.4, 0.5) is 0 Å². The predicted molar refractivity (Wildman–Crippen MR) is 274 cm³/mol. The van der Waals surface area contributed by atoms with Crippen LogP contribution in [-0.2, 0) is 0 Å². The van der Waals surface area contributed by atoms with Gasteiger partial charge >= 0.3 is 0 Å². The minimum atomic E-state index is -0.0695. The van der Waals surface area contributed by atoms with Crippen molar-refractivity contribution in [2.24, 2.45) is 0 Å². The number of carbonyl (C=O) groups excluding carboxylic acids is 2. The van der Waals surface area contributed by atoms with Crippen LogP contribution in [0, 0.1) is 0 Å². The molecule has 2 heteroatoms. The first kappa shape index (κ1) is 53.8. The lowest BCUT2D eigenvalue weighted by Crippen LogP contribution is -2.16. The molecule has 0 radical (unpaired) electrons. The Hall–Kier alpha value is -4.30. The summed E-state index contributed by atoms with van der Waals surface area (Å²) in [5.74, 6) is -0.0945. The topological polar surface area (TPSA) is 34.1 Å². The molecule has 0 saturated carbocycles. The fourth-order valence-corrected chi connectivity index (χ4v) is 7.68. The molecule has 338 valence electrons. The SMILES string of the molecule is CC(C)=CCCC(C)=CCCC(C)=CCCC(C)=CCCC(C)=CCCC(C)=CCCC(C)=CCCC(C)=CCCC(C)=CCCC(C)=CCC1=CC(=O)c2ccccc2C1=O. The molecule has 0 spiro atoms. The molecule has 0 N–H and O–H groups in total. The molecule has 0 atom stereocenters. The molecule has 0 heterocycles. The first-order valence-electron chi connectivity index (χ1n) is 24.1. The molecule has 1 aliphatic rings. The highest BCUT2D eigenvalue weighted by molar-refractivity contribution is 6.24. The van der Waals surface area contributed by atoms with Crippen LogP contribution in [0.2, 0.25) is 0 Å². The normalized spacial score (nSPS) is 15.3. The molecule has 1 aliphatic carbocycles. The quantitative estimate of drug-likeness (QED) is 0.0753. The van der Waals surface area contributed by atoms with Crippen molar-refractivity contribution in [2.75, 3.05) is 0 Å². The zero-order valence-corrected chi connectivity index (χ0v) is 41.4. The van der Waals surface area contributed by atoms with E-state index in [0.717, 1.165) is 96.3 Å². The molecule has 62 heavy (non-hydrogen) atoms.